The molecule has 0 amide bonds. The van der Waals surface area contributed by atoms with Gasteiger partial charge in [-0.15, -0.1) is 0 Å². The maximum atomic E-state index is 6.04. The normalized spacial score (nSPS) is 17.2. The third-order valence-electron chi connectivity index (χ3n) is 4.01. The number of anilines is 1. The van der Waals surface area contributed by atoms with Crippen molar-refractivity contribution in [1.29, 1.82) is 0 Å². The summed E-state index contributed by atoms with van der Waals surface area (Å²) in [6, 6.07) is 6.04. The van der Waals surface area contributed by atoms with E-state index >= 15 is 0 Å². The predicted octanol–water partition coefficient (Wildman–Crippen LogP) is 1.53. The molecule has 0 spiro atoms. The molecule has 3 aromatic heterocycles. The highest BCUT2D eigenvalue weighted by Gasteiger charge is 2.22. The summed E-state index contributed by atoms with van der Waals surface area (Å²) in [4.78, 5) is 24.1. The molecule has 24 heavy (non-hydrogen) atoms. The molecule has 120 valence electrons. The monoisotopic (exact) mass is 319 g/mol. The van der Waals surface area contributed by atoms with Gasteiger partial charge in [-0.05, 0) is 18.6 Å². The van der Waals surface area contributed by atoms with Crippen molar-refractivity contribution < 1.29 is 0 Å². The number of nitrogens with zero attached hydrogens (tertiary/aromatic N) is 6. The number of pyridine rings is 1. The van der Waals surface area contributed by atoms with E-state index in [9.17, 15) is 0 Å². The average Bonchev–Trinajstić information content (AvgIpc) is 3.09. The van der Waals surface area contributed by atoms with Crippen LogP contribution in [0.2, 0.25) is 0 Å². The molecule has 7 nitrogen and oxygen atoms in total. The second-order valence-corrected chi connectivity index (χ2v) is 5.76. The summed E-state index contributed by atoms with van der Waals surface area (Å²) in [5.74, 6) is 1.41. The Hall–Kier alpha value is -2.93. The van der Waals surface area contributed by atoms with Crippen molar-refractivity contribution in [2.24, 2.45) is 5.73 Å². The van der Waals surface area contributed by atoms with E-state index < -0.39 is 0 Å². The van der Waals surface area contributed by atoms with Crippen LogP contribution in [0.3, 0.4) is 0 Å². The first kappa shape index (κ1) is 14.6. The standard InChI is InChI=1S/C17H17N7/c18-13-3-7-24(11-13)16-8-14(12-2-1-4-19-9-12)22-17(23-16)15-10-20-5-6-21-15/h1-2,4-6,8-10,13H,3,7,11,18H2. The zero-order valence-corrected chi connectivity index (χ0v) is 13.1. The molecule has 3 aromatic rings. The van der Waals surface area contributed by atoms with E-state index in [-0.39, 0.29) is 6.04 Å². The summed E-state index contributed by atoms with van der Waals surface area (Å²) in [6.07, 6.45) is 9.45. The van der Waals surface area contributed by atoms with Crippen LogP contribution in [0.4, 0.5) is 5.82 Å². The topological polar surface area (TPSA) is 93.7 Å². The Balaban J connectivity index is 1.82. The molecule has 4 heterocycles. The number of rotatable bonds is 3. The Kier molecular flexibility index (Phi) is 3.84. The molecule has 0 saturated carbocycles. The summed E-state index contributed by atoms with van der Waals surface area (Å²) in [5.41, 5.74) is 8.44. The zero-order valence-electron chi connectivity index (χ0n) is 13.1. The van der Waals surface area contributed by atoms with E-state index in [1.807, 2.05) is 18.2 Å². The molecule has 1 fully saturated rings. The van der Waals surface area contributed by atoms with Crippen molar-refractivity contribution in [3.8, 4) is 22.8 Å². The Bertz CT molecular complexity index is 765. The van der Waals surface area contributed by atoms with Gasteiger partial charge < -0.3 is 10.6 Å². The highest BCUT2D eigenvalue weighted by Crippen LogP contribution is 2.26. The van der Waals surface area contributed by atoms with Gasteiger partial charge in [0.15, 0.2) is 5.82 Å². The van der Waals surface area contributed by atoms with Crippen LogP contribution in [0.15, 0.2) is 49.2 Å². The van der Waals surface area contributed by atoms with Crippen molar-refractivity contribution in [3.05, 3.63) is 49.2 Å². The second-order valence-electron chi connectivity index (χ2n) is 5.76. The molecule has 1 aliphatic heterocycles. The Labute approximate surface area is 139 Å². The minimum absolute atomic E-state index is 0.182. The molecule has 1 aliphatic rings. The maximum Gasteiger partial charge on any atom is 0.182 e. The van der Waals surface area contributed by atoms with Gasteiger partial charge in [0, 0.05) is 55.5 Å². The highest BCUT2D eigenvalue weighted by atomic mass is 15.2. The predicted molar refractivity (Wildman–Crippen MR) is 91.1 cm³/mol. The van der Waals surface area contributed by atoms with E-state index in [4.69, 9.17) is 5.73 Å². The van der Waals surface area contributed by atoms with Crippen molar-refractivity contribution in [1.82, 2.24) is 24.9 Å². The van der Waals surface area contributed by atoms with E-state index in [1.165, 1.54) is 0 Å². The largest absolute Gasteiger partial charge is 0.355 e. The fraction of sp³-hybridized carbons (Fsp3) is 0.235. The van der Waals surface area contributed by atoms with Gasteiger partial charge in [-0.3, -0.25) is 9.97 Å². The molecule has 1 atom stereocenters. The molecule has 7 heteroatoms. The maximum absolute atomic E-state index is 6.04. The lowest BCUT2D eigenvalue weighted by Crippen LogP contribution is -2.27. The molecule has 0 radical (unpaired) electrons. The zero-order chi connectivity index (χ0) is 16.4. The molecule has 4 rings (SSSR count). The number of hydrogen-bond acceptors (Lipinski definition) is 7. The van der Waals surface area contributed by atoms with Crippen LogP contribution in [0, 0.1) is 0 Å². The van der Waals surface area contributed by atoms with Gasteiger partial charge in [-0.25, -0.2) is 15.0 Å². The van der Waals surface area contributed by atoms with Crippen LogP contribution in [0.1, 0.15) is 6.42 Å². The van der Waals surface area contributed by atoms with Crippen molar-refractivity contribution in [3.63, 3.8) is 0 Å². The van der Waals surface area contributed by atoms with Crippen molar-refractivity contribution in [2.75, 3.05) is 18.0 Å². The molecular weight excluding hydrogens is 302 g/mol. The smallest absolute Gasteiger partial charge is 0.182 e. The number of hydrogen-bond donors (Lipinski definition) is 1. The van der Waals surface area contributed by atoms with E-state index in [1.54, 1.807) is 31.0 Å². The first-order chi connectivity index (χ1) is 11.8. The fourth-order valence-electron chi connectivity index (χ4n) is 2.78. The lowest BCUT2D eigenvalue weighted by Gasteiger charge is -2.18. The third-order valence-corrected chi connectivity index (χ3v) is 4.01. The lowest BCUT2D eigenvalue weighted by atomic mass is 10.2. The van der Waals surface area contributed by atoms with Gasteiger partial charge in [0.05, 0.1) is 11.9 Å². The highest BCUT2D eigenvalue weighted by molar-refractivity contribution is 5.66. The summed E-state index contributed by atoms with van der Waals surface area (Å²) in [7, 11) is 0. The minimum Gasteiger partial charge on any atom is -0.355 e. The van der Waals surface area contributed by atoms with Gasteiger partial charge >= 0.3 is 0 Å². The molecule has 1 unspecified atom stereocenters. The van der Waals surface area contributed by atoms with Crippen LogP contribution >= 0.6 is 0 Å². The van der Waals surface area contributed by atoms with E-state index in [2.05, 4.69) is 29.8 Å². The Morgan fingerprint density at radius 3 is 2.67 bits per heavy atom. The number of nitrogens with two attached hydrogens (primary N) is 1. The van der Waals surface area contributed by atoms with Crippen LogP contribution in [-0.4, -0.2) is 44.1 Å². The lowest BCUT2D eigenvalue weighted by molar-refractivity contribution is 0.751. The molecule has 0 aromatic carbocycles. The van der Waals surface area contributed by atoms with Gasteiger partial charge in [0.25, 0.3) is 0 Å². The molecule has 2 N–H and O–H groups in total. The summed E-state index contributed by atoms with van der Waals surface area (Å²) in [5, 5.41) is 0. The van der Waals surface area contributed by atoms with Gasteiger partial charge in [0.1, 0.15) is 11.5 Å². The van der Waals surface area contributed by atoms with Crippen LogP contribution in [0.5, 0.6) is 0 Å². The van der Waals surface area contributed by atoms with Crippen molar-refractivity contribution >= 4 is 5.82 Å². The summed E-state index contributed by atoms with van der Waals surface area (Å²) >= 11 is 0. The molecule has 1 saturated heterocycles. The Morgan fingerprint density at radius 1 is 1.04 bits per heavy atom. The van der Waals surface area contributed by atoms with Crippen LogP contribution in [-0.2, 0) is 0 Å². The van der Waals surface area contributed by atoms with Gasteiger partial charge in [-0.1, -0.05) is 0 Å². The molecule has 0 bridgehead atoms. The first-order valence-electron chi connectivity index (χ1n) is 7.86. The quantitative estimate of drug-likeness (QED) is 0.782. The third kappa shape index (κ3) is 2.93. The molecular formula is C17H17N7. The van der Waals surface area contributed by atoms with E-state index in [0.717, 1.165) is 36.6 Å². The minimum atomic E-state index is 0.182. The Morgan fingerprint density at radius 2 is 1.96 bits per heavy atom. The average molecular weight is 319 g/mol. The van der Waals surface area contributed by atoms with Crippen LogP contribution in [0.25, 0.3) is 22.8 Å². The van der Waals surface area contributed by atoms with Crippen LogP contribution < -0.4 is 10.6 Å². The first-order valence-corrected chi connectivity index (χ1v) is 7.86. The fourth-order valence-corrected chi connectivity index (χ4v) is 2.78. The van der Waals surface area contributed by atoms with Gasteiger partial charge in [0.2, 0.25) is 0 Å². The van der Waals surface area contributed by atoms with Gasteiger partial charge in [-0.2, -0.15) is 0 Å². The van der Waals surface area contributed by atoms with Crippen molar-refractivity contribution in [2.45, 2.75) is 12.5 Å². The summed E-state index contributed by atoms with van der Waals surface area (Å²) in [6.45, 7) is 1.69. The summed E-state index contributed by atoms with van der Waals surface area (Å²) < 4.78 is 0. The molecule has 0 aliphatic carbocycles. The van der Waals surface area contributed by atoms with E-state index in [0.29, 0.717) is 11.5 Å². The second kappa shape index (κ2) is 6.29. The SMILES string of the molecule is NC1CCN(c2cc(-c3cccnc3)nc(-c3cnccn3)n2)C1. The number of aromatic nitrogens is 5.